The van der Waals surface area contributed by atoms with Gasteiger partial charge in [0.05, 0.1) is 25.0 Å². The Kier molecular flexibility index (Phi) is 9.18. The molecule has 0 radical (unpaired) electrons. The van der Waals surface area contributed by atoms with Crippen molar-refractivity contribution >= 4 is 39.3 Å². The number of aliphatic hydroxyl groups excluding tert-OH is 1. The first kappa shape index (κ1) is 29.3. The second-order valence-corrected chi connectivity index (χ2v) is 11.6. The van der Waals surface area contributed by atoms with Gasteiger partial charge in [-0.15, -0.1) is 13.2 Å². The topological polar surface area (TPSA) is 99.6 Å². The molecular formula is C29H38BrN3O6. The molecule has 0 saturated carbocycles. The standard InChI is InChI=1S/C29H38BrN3O6/c1-5-14-31(3)26(35)22-23-27(36)33(16-8-7-9-17-34)25(29(23)18-21(30)24(22)39-29)28(37)32(15-6-2)19-10-12-20(38-4)13-11-19/h5-6,10-13,21-25,34H,1-2,7-9,14-18H2,3-4H3/t21?,22-,23-,24-,25?,29?/m0/s1. The second kappa shape index (κ2) is 12.2. The predicted molar refractivity (Wildman–Crippen MR) is 152 cm³/mol. The van der Waals surface area contributed by atoms with E-state index in [1.807, 2.05) is 0 Å². The Bertz CT molecular complexity index is 1100. The number of halogens is 1. The van der Waals surface area contributed by atoms with Gasteiger partial charge in [-0.05, 0) is 49.9 Å². The van der Waals surface area contributed by atoms with Crippen LogP contribution in [0, 0.1) is 11.8 Å². The summed E-state index contributed by atoms with van der Waals surface area (Å²) in [7, 11) is 3.27. The summed E-state index contributed by atoms with van der Waals surface area (Å²) in [4.78, 5) is 46.9. The fourth-order valence-corrected chi connectivity index (χ4v) is 7.34. The fourth-order valence-electron chi connectivity index (χ4n) is 6.40. The number of hydrogen-bond donors (Lipinski definition) is 1. The van der Waals surface area contributed by atoms with E-state index in [4.69, 9.17) is 9.47 Å². The molecule has 1 spiro atoms. The summed E-state index contributed by atoms with van der Waals surface area (Å²) < 4.78 is 11.9. The van der Waals surface area contributed by atoms with Gasteiger partial charge in [-0.2, -0.15) is 0 Å². The summed E-state index contributed by atoms with van der Waals surface area (Å²) in [5.74, 6) is -1.48. The summed E-state index contributed by atoms with van der Waals surface area (Å²) in [5, 5.41) is 9.25. The minimum atomic E-state index is -1.13. The number of aliphatic hydroxyl groups is 1. The Balaban J connectivity index is 1.75. The van der Waals surface area contributed by atoms with E-state index in [0.29, 0.717) is 50.2 Å². The average Bonchev–Trinajstić information content (AvgIpc) is 3.52. The number of rotatable bonds is 13. The molecule has 3 saturated heterocycles. The number of ether oxygens (including phenoxy) is 2. The number of hydrogen-bond acceptors (Lipinski definition) is 6. The lowest BCUT2D eigenvalue weighted by Gasteiger charge is -2.37. The first-order valence-corrected chi connectivity index (χ1v) is 14.3. The zero-order valence-electron chi connectivity index (χ0n) is 22.6. The Morgan fingerprint density at radius 1 is 1.18 bits per heavy atom. The number of likely N-dealkylation sites (tertiary alicyclic amines) is 1. The Morgan fingerprint density at radius 3 is 2.49 bits per heavy atom. The minimum Gasteiger partial charge on any atom is -0.497 e. The third-order valence-electron chi connectivity index (χ3n) is 8.11. The molecule has 39 heavy (non-hydrogen) atoms. The summed E-state index contributed by atoms with van der Waals surface area (Å²) in [6.07, 6.45) is 5.17. The highest BCUT2D eigenvalue weighted by molar-refractivity contribution is 9.09. The average molecular weight is 605 g/mol. The van der Waals surface area contributed by atoms with Gasteiger partial charge in [0, 0.05) is 43.8 Å². The highest BCUT2D eigenvalue weighted by Crippen LogP contribution is 2.60. The van der Waals surface area contributed by atoms with E-state index in [9.17, 15) is 19.5 Å². The molecular weight excluding hydrogens is 566 g/mol. The quantitative estimate of drug-likeness (QED) is 0.211. The molecule has 10 heteroatoms. The van der Waals surface area contributed by atoms with Crippen molar-refractivity contribution in [3.8, 4) is 5.75 Å². The van der Waals surface area contributed by atoms with Gasteiger partial charge >= 0.3 is 0 Å². The molecule has 0 aliphatic carbocycles. The van der Waals surface area contributed by atoms with Crippen molar-refractivity contribution in [1.29, 1.82) is 0 Å². The molecule has 4 rings (SSSR count). The lowest BCUT2D eigenvalue weighted by Crippen LogP contribution is -2.57. The van der Waals surface area contributed by atoms with Gasteiger partial charge in [-0.3, -0.25) is 14.4 Å². The third-order valence-corrected chi connectivity index (χ3v) is 8.95. The maximum Gasteiger partial charge on any atom is 0.253 e. The van der Waals surface area contributed by atoms with E-state index < -0.39 is 29.6 Å². The van der Waals surface area contributed by atoms with Crippen LogP contribution in [0.5, 0.6) is 5.75 Å². The van der Waals surface area contributed by atoms with Gasteiger partial charge in [0.25, 0.3) is 5.91 Å². The van der Waals surface area contributed by atoms with E-state index >= 15 is 0 Å². The number of nitrogens with zero attached hydrogens (tertiary/aromatic N) is 3. The molecule has 3 aliphatic heterocycles. The number of likely N-dealkylation sites (N-methyl/N-ethyl adjacent to an activating group) is 1. The largest absolute Gasteiger partial charge is 0.497 e. The van der Waals surface area contributed by atoms with Crippen molar-refractivity contribution in [2.45, 2.75) is 48.3 Å². The molecule has 3 aliphatic rings. The normalized spacial score (nSPS) is 28.8. The maximum atomic E-state index is 14.5. The summed E-state index contributed by atoms with van der Waals surface area (Å²) in [6, 6.07) is 6.26. The summed E-state index contributed by atoms with van der Waals surface area (Å²) >= 11 is 3.71. The first-order valence-electron chi connectivity index (χ1n) is 13.4. The molecule has 3 amide bonds. The number of amides is 3. The molecule has 6 atom stereocenters. The number of methoxy groups -OCH3 is 1. The SMILES string of the molecule is C=CCN(C)C(=O)[C@H]1[C@H]2C(=O)N(CCCCCO)C(C(=O)N(CC=C)c3ccc(OC)cc3)C23CC(Br)[C@@H]1O3. The first-order chi connectivity index (χ1) is 18.7. The van der Waals surface area contributed by atoms with Crippen LogP contribution in [0.1, 0.15) is 25.7 Å². The Hall–Kier alpha value is -2.69. The van der Waals surface area contributed by atoms with Gasteiger partial charge in [0.2, 0.25) is 11.8 Å². The molecule has 2 bridgehead atoms. The van der Waals surface area contributed by atoms with Gasteiger partial charge < -0.3 is 29.3 Å². The van der Waals surface area contributed by atoms with Crippen LogP contribution in [0.25, 0.3) is 0 Å². The predicted octanol–water partition coefficient (Wildman–Crippen LogP) is 2.77. The van der Waals surface area contributed by atoms with Crippen molar-refractivity contribution in [2.75, 3.05) is 45.3 Å². The number of alkyl halides is 1. The molecule has 0 aromatic heterocycles. The number of anilines is 1. The van der Waals surface area contributed by atoms with Gasteiger partial charge in [-0.25, -0.2) is 0 Å². The zero-order chi connectivity index (χ0) is 28.3. The van der Waals surface area contributed by atoms with Crippen LogP contribution in [0.2, 0.25) is 0 Å². The molecule has 3 heterocycles. The molecule has 1 aromatic rings. The van der Waals surface area contributed by atoms with Crippen molar-refractivity contribution in [2.24, 2.45) is 11.8 Å². The highest BCUT2D eigenvalue weighted by atomic mass is 79.9. The maximum absolute atomic E-state index is 14.5. The van der Waals surface area contributed by atoms with Crippen LogP contribution >= 0.6 is 15.9 Å². The van der Waals surface area contributed by atoms with Crippen LogP contribution in [-0.2, 0) is 19.1 Å². The Morgan fingerprint density at radius 2 is 1.87 bits per heavy atom. The van der Waals surface area contributed by atoms with Gasteiger partial charge in [0.1, 0.15) is 17.4 Å². The van der Waals surface area contributed by atoms with Crippen LogP contribution in [0.15, 0.2) is 49.6 Å². The monoisotopic (exact) mass is 603 g/mol. The van der Waals surface area contributed by atoms with E-state index in [2.05, 4.69) is 29.1 Å². The number of carbonyl (C=O) groups excluding carboxylic acids is 3. The molecule has 9 nitrogen and oxygen atoms in total. The zero-order valence-corrected chi connectivity index (χ0v) is 24.2. The minimum absolute atomic E-state index is 0.0652. The molecule has 212 valence electrons. The number of carbonyl (C=O) groups is 3. The lowest BCUT2D eigenvalue weighted by molar-refractivity contribution is -0.144. The van der Waals surface area contributed by atoms with Crippen molar-refractivity contribution in [1.82, 2.24) is 9.80 Å². The van der Waals surface area contributed by atoms with Crippen LogP contribution in [-0.4, -0.2) is 95.6 Å². The fraction of sp³-hybridized carbons (Fsp3) is 0.552. The lowest BCUT2D eigenvalue weighted by atomic mass is 9.70. The smallest absolute Gasteiger partial charge is 0.253 e. The van der Waals surface area contributed by atoms with E-state index in [-0.39, 0.29) is 35.7 Å². The van der Waals surface area contributed by atoms with Crippen LogP contribution < -0.4 is 9.64 Å². The van der Waals surface area contributed by atoms with Crippen LogP contribution in [0.4, 0.5) is 5.69 Å². The summed E-state index contributed by atoms with van der Waals surface area (Å²) in [5.41, 5.74) is -0.486. The number of benzene rings is 1. The highest BCUT2D eigenvalue weighted by Gasteiger charge is 2.76. The molecule has 1 N–H and O–H groups in total. The van der Waals surface area contributed by atoms with E-state index in [0.717, 1.165) is 0 Å². The second-order valence-electron chi connectivity index (χ2n) is 10.4. The molecule has 3 fully saturated rings. The molecule has 1 aromatic carbocycles. The van der Waals surface area contributed by atoms with Crippen molar-refractivity contribution < 1.29 is 29.0 Å². The van der Waals surface area contributed by atoms with E-state index in [1.54, 1.807) is 65.3 Å². The van der Waals surface area contributed by atoms with Crippen molar-refractivity contribution in [3.63, 3.8) is 0 Å². The van der Waals surface area contributed by atoms with E-state index in [1.165, 1.54) is 0 Å². The number of unbranched alkanes of at least 4 members (excludes halogenated alkanes) is 2. The Labute approximate surface area is 238 Å². The number of fused-ring (bicyclic) bond motifs is 1. The van der Waals surface area contributed by atoms with Crippen LogP contribution in [0.3, 0.4) is 0 Å². The molecule has 3 unspecified atom stereocenters. The third kappa shape index (κ3) is 5.14. The van der Waals surface area contributed by atoms with Gasteiger partial charge in [-0.1, -0.05) is 28.1 Å². The summed E-state index contributed by atoms with van der Waals surface area (Å²) in [6.45, 7) is 8.57. The van der Waals surface area contributed by atoms with Gasteiger partial charge in [0.15, 0.2) is 0 Å². The van der Waals surface area contributed by atoms with Crippen molar-refractivity contribution in [3.05, 3.63) is 49.6 Å².